The average Bonchev–Trinajstić information content (AvgIpc) is 3.22. The molecule has 0 aliphatic rings. The summed E-state index contributed by atoms with van der Waals surface area (Å²) in [7, 11) is 0. The number of para-hydroxylation sites is 1. The first kappa shape index (κ1) is 25.2. The number of carbonyl (C=O) groups excluding carboxylic acids is 1. The molecule has 0 aliphatic carbocycles. The van der Waals surface area contributed by atoms with E-state index in [9.17, 15) is 9.90 Å². The van der Waals surface area contributed by atoms with Crippen LogP contribution in [0.4, 0.5) is 0 Å². The topological polar surface area (TPSA) is 97.1 Å². The molecule has 0 saturated heterocycles. The Bertz CT molecular complexity index is 1180. The number of H-pyrrole nitrogens is 1. The summed E-state index contributed by atoms with van der Waals surface area (Å²) in [6, 6.07) is 13.7. The smallest absolute Gasteiger partial charge is 0.337 e. The van der Waals surface area contributed by atoms with Gasteiger partial charge in [-0.05, 0) is 53.8 Å². The fraction of sp³-hybridized carbons (Fsp3) is 0.308. The van der Waals surface area contributed by atoms with Gasteiger partial charge in [0, 0.05) is 0 Å². The zero-order valence-electron chi connectivity index (χ0n) is 20.1. The first-order valence-electron chi connectivity index (χ1n) is 11.2. The minimum absolute atomic E-state index is 0.0910. The van der Waals surface area contributed by atoms with Gasteiger partial charge in [-0.3, -0.25) is 4.79 Å². The van der Waals surface area contributed by atoms with E-state index in [1.165, 1.54) is 23.5 Å². The maximum Gasteiger partial charge on any atom is 0.337 e. The lowest BCUT2D eigenvalue weighted by atomic mass is 9.87. The third-order valence-electron chi connectivity index (χ3n) is 5.32. The molecule has 1 aromatic heterocycles. The summed E-state index contributed by atoms with van der Waals surface area (Å²) in [4.78, 5) is 12.3. The molecule has 3 aromatic rings. The Morgan fingerprint density at radius 3 is 2.65 bits per heavy atom. The van der Waals surface area contributed by atoms with Crippen LogP contribution in [0.25, 0.3) is 11.4 Å². The van der Waals surface area contributed by atoms with Crippen molar-refractivity contribution in [2.75, 3.05) is 5.75 Å². The number of hydrogen-bond acceptors (Lipinski definition) is 5. The van der Waals surface area contributed by atoms with Crippen molar-refractivity contribution in [1.29, 1.82) is 0 Å². The minimum atomic E-state index is -0.280. The highest BCUT2D eigenvalue weighted by Gasteiger charge is 2.22. The van der Waals surface area contributed by atoms with Gasteiger partial charge in [-0.2, -0.15) is 5.10 Å². The van der Waals surface area contributed by atoms with Crippen LogP contribution in [-0.4, -0.2) is 28.1 Å². The van der Waals surface area contributed by atoms with E-state index in [0.717, 1.165) is 16.5 Å². The summed E-state index contributed by atoms with van der Waals surface area (Å²) >= 11 is 1.32. The van der Waals surface area contributed by atoms with Crippen LogP contribution in [0.2, 0.25) is 0 Å². The molecule has 0 aliphatic heterocycles. The van der Waals surface area contributed by atoms with Crippen LogP contribution in [0.1, 0.15) is 44.4 Å². The molecule has 0 saturated carbocycles. The third kappa shape index (κ3) is 6.14. The average molecular weight is 478 g/mol. The third-order valence-corrected chi connectivity index (χ3v) is 6.29. The number of allylic oxidation sites excluding steroid dienone is 1. The van der Waals surface area contributed by atoms with Gasteiger partial charge in [-0.15, -0.1) is 11.7 Å². The van der Waals surface area contributed by atoms with Gasteiger partial charge in [0.05, 0.1) is 29.2 Å². The van der Waals surface area contributed by atoms with E-state index in [2.05, 4.69) is 72.3 Å². The summed E-state index contributed by atoms with van der Waals surface area (Å²) in [5.74, 6) is 0.646. The number of nitrogens with zero attached hydrogens (tertiary/aromatic N) is 3. The van der Waals surface area contributed by atoms with Crippen molar-refractivity contribution in [3.63, 3.8) is 0 Å². The molecule has 0 radical (unpaired) electrons. The molecule has 2 aromatic carbocycles. The molecule has 8 heteroatoms. The van der Waals surface area contributed by atoms with Gasteiger partial charge in [-0.25, -0.2) is 9.99 Å². The molecule has 2 N–H and O–H groups in total. The number of rotatable bonds is 9. The van der Waals surface area contributed by atoms with Gasteiger partial charge >= 0.3 is 5.16 Å². The SMILES string of the molecule is C=CCc1cccc(C=NNC(=O)CSc2n[nH]c(-c3ccc(C(C)(C)C)cc3)[n+]2CC)c1[O-]. The summed E-state index contributed by atoms with van der Waals surface area (Å²) in [6.07, 6.45) is 3.55. The highest BCUT2D eigenvalue weighted by Crippen LogP contribution is 2.25. The fourth-order valence-electron chi connectivity index (χ4n) is 3.43. The molecule has 3 rings (SSSR count). The number of amides is 1. The molecule has 0 bridgehead atoms. The van der Waals surface area contributed by atoms with E-state index in [1.807, 2.05) is 11.5 Å². The molecule has 34 heavy (non-hydrogen) atoms. The zero-order chi connectivity index (χ0) is 24.7. The summed E-state index contributed by atoms with van der Waals surface area (Å²) in [5.41, 5.74) is 5.94. The van der Waals surface area contributed by atoms with Gasteiger partial charge in [0.25, 0.3) is 11.7 Å². The van der Waals surface area contributed by atoms with E-state index in [0.29, 0.717) is 24.1 Å². The molecular formula is C26H31N5O2S. The Balaban J connectivity index is 1.62. The van der Waals surface area contributed by atoms with Gasteiger partial charge < -0.3 is 5.11 Å². The second kappa shape index (κ2) is 11.2. The van der Waals surface area contributed by atoms with Crippen molar-refractivity contribution < 1.29 is 14.5 Å². The van der Waals surface area contributed by atoms with Crippen LogP contribution < -0.4 is 15.1 Å². The van der Waals surface area contributed by atoms with Crippen LogP contribution in [0.3, 0.4) is 0 Å². The van der Waals surface area contributed by atoms with Crippen molar-refractivity contribution >= 4 is 23.9 Å². The Hall–Kier alpha value is -3.39. The van der Waals surface area contributed by atoms with Gasteiger partial charge in [0.2, 0.25) is 0 Å². The van der Waals surface area contributed by atoms with Crippen molar-refractivity contribution in [1.82, 2.24) is 15.6 Å². The van der Waals surface area contributed by atoms with E-state index >= 15 is 0 Å². The molecule has 0 unspecified atom stereocenters. The number of nitrogens with one attached hydrogen (secondary N) is 2. The Kier molecular flexibility index (Phi) is 8.28. The molecule has 0 spiro atoms. The van der Waals surface area contributed by atoms with Crippen LogP contribution >= 0.6 is 11.8 Å². The predicted molar refractivity (Wildman–Crippen MR) is 135 cm³/mol. The number of thioether (sulfide) groups is 1. The first-order chi connectivity index (χ1) is 16.2. The predicted octanol–water partition coefficient (Wildman–Crippen LogP) is 3.73. The molecule has 0 fully saturated rings. The number of hydrogen-bond donors (Lipinski definition) is 2. The van der Waals surface area contributed by atoms with Crippen molar-refractivity contribution in [3.05, 3.63) is 71.8 Å². The lowest BCUT2D eigenvalue weighted by molar-refractivity contribution is -0.719. The highest BCUT2D eigenvalue weighted by molar-refractivity contribution is 7.99. The van der Waals surface area contributed by atoms with Crippen LogP contribution in [-0.2, 0) is 23.2 Å². The van der Waals surface area contributed by atoms with E-state index < -0.39 is 0 Å². The van der Waals surface area contributed by atoms with Crippen molar-refractivity contribution in [2.45, 2.75) is 51.2 Å². The summed E-state index contributed by atoms with van der Waals surface area (Å²) in [5, 5.41) is 24.5. The van der Waals surface area contributed by atoms with Crippen LogP contribution in [0, 0.1) is 0 Å². The monoisotopic (exact) mass is 477 g/mol. The first-order valence-corrected chi connectivity index (χ1v) is 12.2. The fourth-order valence-corrected chi connectivity index (χ4v) is 4.24. The summed E-state index contributed by atoms with van der Waals surface area (Å²) < 4.78 is 2.04. The van der Waals surface area contributed by atoms with Crippen molar-refractivity contribution in [2.24, 2.45) is 5.10 Å². The van der Waals surface area contributed by atoms with E-state index in [4.69, 9.17) is 0 Å². The minimum Gasteiger partial charge on any atom is -0.872 e. The largest absolute Gasteiger partial charge is 0.872 e. The molecule has 1 heterocycles. The normalized spacial score (nSPS) is 11.6. The second-order valence-corrected chi connectivity index (χ2v) is 9.78. The number of aromatic nitrogens is 3. The number of carbonyl (C=O) groups is 1. The lowest BCUT2D eigenvalue weighted by Crippen LogP contribution is -2.36. The van der Waals surface area contributed by atoms with E-state index in [-0.39, 0.29) is 22.8 Å². The molecule has 0 atom stereocenters. The standard InChI is InChI=1S/C26H31N5O2S/c1-6-9-18-10-8-11-20(23(18)33)16-27-28-22(32)17-34-25-30-29-24(31(25)7-2)19-12-14-21(15-13-19)26(3,4)5/h6,8,10-16H,1,7,9,17H2,2-5H3,(H2,27,28,32,33). The van der Waals surface area contributed by atoms with Crippen LogP contribution in [0.5, 0.6) is 5.75 Å². The van der Waals surface area contributed by atoms with E-state index in [1.54, 1.807) is 24.3 Å². The lowest BCUT2D eigenvalue weighted by Gasteiger charge is -2.18. The second-order valence-electron chi connectivity index (χ2n) is 8.84. The number of benzene rings is 2. The number of aromatic amines is 1. The quantitative estimate of drug-likeness (QED) is 0.161. The maximum absolute atomic E-state index is 12.3. The van der Waals surface area contributed by atoms with Crippen LogP contribution in [0.15, 0.2) is 65.4 Å². The van der Waals surface area contributed by atoms with Gasteiger partial charge in [0.1, 0.15) is 0 Å². The molecule has 1 amide bonds. The Labute approximate surface area is 205 Å². The number of hydrazone groups is 1. The van der Waals surface area contributed by atoms with Gasteiger partial charge in [0.15, 0.2) is 0 Å². The Morgan fingerprint density at radius 1 is 1.26 bits per heavy atom. The zero-order valence-corrected chi connectivity index (χ0v) is 20.9. The Morgan fingerprint density at radius 2 is 2.00 bits per heavy atom. The highest BCUT2D eigenvalue weighted by atomic mass is 32.2. The maximum atomic E-state index is 12.3. The summed E-state index contributed by atoms with van der Waals surface area (Å²) in [6.45, 7) is 13.0. The molecule has 7 nitrogen and oxygen atoms in total. The molecular weight excluding hydrogens is 446 g/mol. The van der Waals surface area contributed by atoms with Gasteiger partial charge in [-0.1, -0.05) is 68.5 Å². The van der Waals surface area contributed by atoms with Crippen molar-refractivity contribution in [3.8, 4) is 17.1 Å². The molecule has 178 valence electrons.